The lowest BCUT2D eigenvalue weighted by molar-refractivity contribution is -0.142. The van der Waals surface area contributed by atoms with Crippen molar-refractivity contribution in [3.05, 3.63) is 59.7 Å². The first-order chi connectivity index (χ1) is 15.3. The summed E-state index contributed by atoms with van der Waals surface area (Å²) in [6, 6.07) is 14.6. The van der Waals surface area contributed by atoms with Crippen molar-refractivity contribution in [1.82, 2.24) is 10.2 Å². The van der Waals surface area contributed by atoms with Gasteiger partial charge in [-0.25, -0.2) is 0 Å². The molecule has 2 atom stereocenters. The number of nitrogens with one attached hydrogen (secondary N) is 1. The van der Waals surface area contributed by atoms with Crippen LogP contribution in [-0.2, 0) is 16.1 Å². The van der Waals surface area contributed by atoms with Gasteiger partial charge in [0.1, 0.15) is 17.5 Å². The summed E-state index contributed by atoms with van der Waals surface area (Å²) < 4.78 is 11.2. The van der Waals surface area contributed by atoms with Crippen LogP contribution in [0.5, 0.6) is 11.5 Å². The Hall–Kier alpha value is -3.02. The van der Waals surface area contributed by atoms with E-state index in [-0.39, 0.29) is 36.9 Å². The molecular formula is C26H36N2O4. The highest BCUT2D eigenvalue weighted by Gasteiger charge is 2.27. The van der Waals surface area contributed by atoms with E-state index in [1.165, 1.54) is 0 Å². The Morgan fingerprint density at radius 2 is 1.75 bits per heavy atom. The summed E-state index contributed by atoms with van der Waals surface area (Å²) in [5, 5.41) is 2.97. The summed E-state index contributed by atoms with van der Waals surface area (Å²) in [6.07, 6.45) is 0.817. The second kappa shape index (κ2) is 12.1. The smallest absolute Gasteiger partial charge is 0.261 e. The molecular weight excluding hydrogens is 404 g/mol. The molecule has 0 radical (unpaired) electrons. The van der Waals surface area contributed by atoms with E-state index in [0.717, 1.165) is 17.5 Å². The summed E-state index contributed by atoms with van der Waals surface area (Å²) in [5.41, 5.74) is 1.92. The van der Waals surface area contributed by atoms with Crippen LogP contribution in [0.15, 0.2) is 48.5 Å². The number of rotatable bonds is 11. The first-order valence-electron chi connectivity index (χ1n) is 11.2. The van der Waals surface area contributed by atoms with Crippen LogP contribution < -0.4 is 14.8 Å². The molecule has 0 aliphatic rings. The van der Waals surface area contributed by atoms with Gasteiger partial charge in [0, 0.05) is 12.6 Å². The third-order valence-corrected chi connectivity index (χ3v) is 5.55. The summed E-state index contributed by atoms with van der Waals surface area (Å²) >= 11 is 0. The van der Waals surface area contributed by atoms with E-state index in [0.29, 0.717) is 11.5 Å². The monoisotopic (exact) mass is 440 g/mol. The van der Waals surface area contributed by atoms with Crippen LogP contribution in [0, 0.1) is 0 Å². The molecule has 32 heavy (non-hydrogen) atoms. The molecule has 2 rings (SSSR count). The minimum absolute atomic E-state index is 0.0351. The zero-order chi connectivity index (χ0) is 23.7. The van der Waals surface area contributed by atoms with Crippen LogP contribution in [0.2, 0.25) is 0 Å². The Morgan fingerprint density at radius 1 is 1.03 bits per heavy atom. The van der Waals surface area contributed by atoms with Crippen LogP contribution in [0.3, 0.4) is 0 Å². The van der Waals surface area contributed by atoms with Crippen molar-refractivity contribution in [3.63, 3.8) is 0 Å². The summed E-state index contributed by atoms with van der Waals surface area (Å²) in [7, 11) is 1.60. The lowest BCUT2D eigenvalue weighted by Crippen LogP contribution is -2.50. The largest absolute Gasteiger partial charge is 0.497 e. The lowest BCUT2D eigenvalue weighted by atomic mass is 10.0. The third-order valence-electron chi connectivity index (χ3n) is 5.55. The number of methoxy groups -OCH3 is 1. The zero-order valence-corrected chi connectivity index (χ0v) is 20.1. The number of benzene rings is 2. The van der Waals surface area contributed by atoms with Gasteiger partial charge in [-0.3, -0.25) is 9.59 Å². The van der Waals surface area contributed by atoms with Crippen LogP contribution >= 0.6 is 0 Å². The van der Waals surface area contributed by atoms with Crippen molar-refractivity contribution in [2.45, 2.75) is 65.6 Å². The van der Waals surface area contributed by atoms with Crippen molar-refractivity contribution >= 4 is 11.8 Å². The molecule has 0 fully saturated rings. The maximum absolute atomic E-state index is 13.2. The molecule has 0 saturated heterocycles. The fraction of sp³-hybridized carbons (Fsp3) is 0.462. The standard InChI is InChI=1S/C26H36N2O4/c1-7-19(4)27-26(30)20(5)28(16-21-11-10-12-22(15-21)31-6)25(29)17-32-24-14-9-8-13-23(24)18(2)3/h8-15,18-20H,7,16-17H2,1-6H3,(H,27,30)/t19-,20+/m1/s1. The molecule has 0 aliphatic carbocycles. The van der Waals surface area contributed by atoms with E-state index < -0.39 is 6.04 Å². The lowest BCUT2D eigenvalue weighted by Gasteiger charge is -2.30. The molecule has 0 saturated carbocycles. The Kier molecular flexibility index (Phi) is 9.57. The Labute approximate surface area is 191 Å². The van der Waals surface area contributed by atoms with Crippen molar-refractivity contribution in [2.24, 2.45) is 0 Å². The van der Waals surface area contributed by atoms with E-state index >= 15 is 0 Å². The molecule has 0 aromatic heterocycles. The number of para-hydroxylation sites is 1. The number of hydrogen-bond acceptors (Lipinski definition) is 4. The van der Waals surface area contributed by atoms with Crippen molar-refractivity contribution < 1.29 is 19.1 Å². The molecule has 0 bridgehead atoms. The quantitative estimate of drug-likeness (QED) is 0.557. The third kappa shape index (κ3) is 7.01. The van der Waals surface area contributed by atoms with Crippen LogP contribution in [0.25, 0.3) is 0 Å². The molecule has 174 valence electrons. The molecule has 0 heterocycles. The fourth-order valence-electron chi connectivity index (χ4n) is 3.33. The normalized spacial score (nSPS) is 12.7. The summed E-state index contributed by atoms with van der Waals surface area (Å²) in [6.45, 7) is 10.0. The summed E-state index contributed by atoms with van der Waals surface area (Å²) in [5.74, 6) is 1.23. The molecule has 6 heteroatoms. The molecule has 1 N–H and O–H groups in total. The van der Waals surface area contributed by atoms with E-state index in [1.807, 2.05) is 62.4 Å². The van der Waals surface area contributed by atoms with E-state index in [2.05, 4.69) is 19.2 Å². The predicted octanol–water partition coefficient (Wildman–Crippen LogP) is 4.53. The zero-order valence-electron chi connectivity index (χ0n) is 20.1. The second-order valence-corrected chi connectivity index (χ2v) is 8.35. The average molecular weight is 441 g/mol. The highest BCUT2D eigenvalue weighted by atomic mass is 16.5. The first-order valence-corrected chi connectivity index (χ1v) is 11.2. The molecule has 0 spiro atoms. The number of hydrogen-bond donors (Lipinski definition) is 1. The minimum Gasteiger partial charge on any atom is -0.497 e. The topological polar surface area (TPSA) is 67.9 Å². The maximum Gasteiger partial charge on any atom is 0.261 e. The van der Waals surface area contributed by atoms with E-state index in [9.17, 15) is 9.59 Å². The van der Waals surface area contributed by atoms with E-state index in [1.54, 1.807) is 18.9 Å². The van der Waals surface area contributed by atoms with Crippen LogP contribution in [0.1, 0.15) is 58.1 Å². The van der Waals surface area contributed by atoms with Crippen molar-refractivity contribution in [1.29, 1.82) is 0 Å². The summed E-state index contributed by atoms with van der Waals surface area (Å²) in [4.78, 5) is 27.6. The Bertz CT molecular complexity index is 897. The van der Waals surface area contributed by atoms with Crippen molar-refractivity contribution in [2.75, 3.05) is 13.7 Å². The molecule has 2 aromatic rings. The molecule has 0 unspecified atom stereocenters. The molecule has 2 aromatic carbocycles. The SMILES string of the molecule is CC[C@@H](C)NC(=O)[C@H](C)N(Cc1cccc(OC)c1)C(=O)COc1ccccc1C(C)C. The van der Waals surface area contributed by atoms with E-state index in [4.69, 9.17) is 9.47 Å². The fourth-order valence-corrected chi connectivity index (χ4v) is 3.33. The Morgan fingerprint density at radius 3 is 2.41 bits per heavy atom. The number of amides is 2. The van der Waals surface area contributed by atoms with Gasteiger partial charge in [0.15, 0.2) is 6.61 Å². The van der Waals surface area contributed by atoms with Gasteiger partial charge in [0.2, 0.25) is 5.91 Å². The van der Waals surface area contributed by atoms with Gasteiger partial charge in [0.05, 0.1) is 7.11 Å². The molecule has 0 aliphatic heterocycles. The maximum atomic E-state index is 13.2. The Balaban J connectivity index is 2.22. The first kappa shape index (κ1) is 25.2. The second-order valence-electron chi connectivity index (χ2n) is 8.35. The van der Waals surface area contributed by atoms with Gasteiger partial charge >= 0.3 is 0 Å². The van der Waals surface area contributed by atoms with Crippen LogP contribution in [-0.4, -0.2) is 42.5 Å². The molecule has 2 amide bonds. The number of carbonyl (C=O) groups excluding carboxylic acids is 2. The highest BCUT2D eigenvalue weighted by molar-refractivity contribution is 5.88. The highest BCUT2D eigenvalue weighted by Crippen LogP contribution is 2.26. The predicted molar refractivity (Wildman–Crippen MR) is 127 cm³/mol. The number of carbonyl (C=O) groups is 2. The molecule has 6 nitrogen and oxygen atoms in total. The van der Waals surface area contributed by atoms with Gasteiger partial charge in [-0.15, -0.1) is 0 Å². The van der Waals surface area contributed by atoms with Gasteiger partial charge in [0.25, 0.3) is 5.91 Å². The van der Waals surface area contributed by atoms with Gasteiger partial charge in [-0.05, 0) is 55.5 Å². The van der Waals surface area contributed by atoms with Crippen molar-refractivity contribution in [3.8, 4) is 11.5 Å². The average Bonchev–Trinajstić information content (AvgIpc) is 2.80. The van der Waals surface area contributed by atoms with Crippen LogP contribution in [0.4, 0.5) is 0 Å². The minimum atomic E-state index is -0.647. The van der Waals surface area contributed by atoms with Gasteiger partial charge in [-0.1, -0.05) is 51.1 Å². The van der Waals surface area contributed by atoms with Gasteiger partial charge in [-0.2, -0.15) is 0 Å². The number of nitrogens with zero attached hydrogens (tertiary/aromatic N) is 1. The van der Waals surface area contributed by atoms with Gasteiger partial charge < -0.3 is 19.7 Å². The number of ether oxygens (including phenoxy) is 2.